The number of nitrogen functional groups attached to an aromatic ring is 2. The largest absolute Gasteiger partial charge is 0.398 e. The second kappa shape index (κ2) is 6.90. The molecule has 0 heterocycles. The molecule has 0 saturated heterocycles. The summed E-state index contributed by atoms with van der Waals surface area (Å²) >= 11 is 7.13. The maximum Gasteiger partial charge on any atom is 0.0401 e. The first-order chi connectivity index (χ1) is 11.5. The lowest BCUT2D eigenvalue weighted by molar-refractivity contribution is 1.64. The summed E-state index contributed by atoms with van der Waals surface area (Å²) < 4.78 is 2.03. The van der Waals surface area contributed by atoms with Crippen LogP contribution in [-0.2, 0) is 0 Å². The van der Waals surface area contributed by atoms with E-state index in [1.54, 1.807) is 0 Å². The van der Waals surface area contributed by atoms with E-state index in [1.165, 1.54) is 0 Å². The molecule has 0 atom stereocenters. The fraction of sp³-hybridized carbons (Fsp3) is 0. The highest BCUT2D eigenvalue weighted by molar-refractivity contribution is 9.10. The molecule has 25 heavy (non-hydrogen) atoms. The maximum atomic E-state index is 6.38. The molecule has 4 rings (SSSR count). The van der Waals surface area contributed by atoms with Gasteiger partial charge in [0.05, 0.1) is 0 Å². The van der Waals surface area contributed by atoms with Gasteiger partial charge in [-0.05, 0) is 57.9 Å². The molecule has 0 aliphatic carbocycles. The molecule has 0 aliphatic heterocycles. The highest BCUT2D eigenvalue weighted by Crippen LogP contribution is 2.42. The van der Waals surface area contributed by atoms with E-state index in [0.29, 0.717) is 0 Å². The first-order valence-corrected chi connectivity index (χ1v) is 9.09. The Balaban J connectivity index is 0.00000182. The maximum absolute atomic E-state index is 6.38. The number of fused-ring (bicyclic) bond motifs is 2. The van der Waals surface area contributed by atoms with Crippen LogP contribution >= 0.6 is 45.4 Å². The Morgan fingerprint density at radius 3 is 1.32 bits per heavy atom. The summed E-state index contributed by atoms with van der Waals surface area (Å²) in [5.41, 5.74) is 16.2. The number of anilines is 2. The minimum atomic E-state index is 0. The van der Waals surface area contributed by atoms with Crippen molar-refractivity contribution in [2.45, 2.75) is 0 Å². The second-order valence-electron chi connectivity index (χ2n) is 5.79. The van der Waals surface area contributed by atoms with Gasteiger partial charge in [0.25, 0.3) is 0 Å². The minimum Gasteiger partial charge on any atom is -0.398 e. The standard InChI is InChI=1S/C20H14Br2N2.H2S/c21-13-5-1-11-3-7-17(23)19(15(11)9-13)20-16-10-14(22)6-2-12(16)4-8-18(20)24;/h1-10H,23-24H2;1H2. The predicted molar refractivity (Wildman–Crippen MR) is 121 cm³/mol. The SMILES string of the molecule is Nc1ccc2ccc(Br)cc2c1-c1c(N)ccc2ccc(Br)cc12.S. The molecule has 5 heteroatoms. The quantitative estimate of drug-likeness (QED) is 0.310. The van der Waals surface area contributed by atoms with Crippen LogP contribution in [0.25, 0.3) is 32.7 Å². The smallest absolute Gasteiger partial charge is 0.0401 e. The van der Waals surface area contributed by atoms with E-state index >= 15 is 0 Å². The Morgan fingerprint density at radius 1 is 0.560 bits per heavy atom. The summed E-state index contributed by atoms with van der Waals surface area (Å²) in [6, 6.07) is 20.4. The van der Waals surface area contributed by atoms with Gasteiger partial charge in [0.15, 0.2) is 0 Å². The molecular formula is C20H16Br2N2S. The Bertz CT molecular complexity index is 1010. The van der Waals surface area contributed by atoms with Gasteiger partial charge in [0, 0.05) is 31.4 Å². The van der Waals surface area contributed by atoms with Crippen molar-refractivity contribution < 1.29 is 0 Å². The fourth-order valence-corrected chi connectivity index (χ4v) is 3.90. The molecule has 0 fully saturated rings. The zero-order chi connectivity index (χ0) is 16.8. The third-order valence-corrected chi connectivity index (χ3v) is 5.27. The first kappa shape index (κ1) is 18.1. The Hall–Kier alpha value is -1.69. The molecule has 126 valence electrons. The van der Waals surface area contributed by atoms with Gasteiger partial charge in [-0.1, -0.05) is 56.1 Å². The molecule has 2 nitrogen and oxygen atoms in total. The van der Waals surface area contributed by atoms with E-state index in [-0.39, 0.29) is 13.5 Å². The molecule has 0 radical (unpaired) electrons. The van der Waals surface area contributed by atoms with Crippen molar-refractivity contribution in [1.82, 2.24) is 0 Å². The van der Waals surface area contributed by atoms with Crippen molar-refractivity contribution in [3.05, 3.63) is 69.6 Å². The van der Waals surface area contributed by atoms with Crippen molar-refractivity contribution in [3.8, 4) is 11.1 Å². The molecule has 0 spiro atoms. The van der Waals surface area contributed by atoms with Crippen LogP contribution in [0.15, 0.2) is 69.6 Å². The second-order valence-corrected chi connectivity index (χ2v) is 7.62. The molecule has 0 aromatic heterocycles. The van der Waals surface area contributed by atoms with Crippen molar-refractivity contribution in [2.24, 2.45) is 0 Å². The summed E-state index contributed by atoms with van der Waals surface area (Å²) in [5.74, 6) is 0. The molecule has 0 unspecified atom stereocenters. The normalized spacial score (nSPS) is 10.8. The van der Waals surface area contributed by atoms with E-state index < -0.39 is 0 Å². The van der Waals surface area contributed by atoms with Crippen molar-refractivity contribution in [3.63, 3.8) is 0 Å². The lowest BCUT2D eigenvalue weighted by atomic mass is 9.91. The predicted octanol–water partition coefficient (Wildman–Crippen LogP) is 6.46. The number of rotatable bonds is 1. The van der Waals surface area contributed by atoms with Crippen LogP contribution in [-0.4, -0.2) is 0 Å². The summed E-state index contributed by atoms with van der Waals surface area (Å²) in [7, 11) is 0. The van der Waals surface area contributed by atoms with E-state index in [1.807, 2.05) is 36.4 Å². The van der Waals surface area contributed by atoms with Gasteiger partial charge in [0.2, 0.25) is 0 Å². The monoisotopic (exact) mass is 474 g/mol. The van der Waals surface area contributed by atoms with E-state index in [4.69, 9.17) is 11.5 Å². The van der Waals surface area contributed by atoms with E-state index in [2.05, 4.69) is 56.1 Å². The number of benzene rings is 4. The third-order valence-electron chi connectivity index (χ3n) is 4.28. The van der Waals surface area contributed by atoms with Gasteiger partial charge in [-0.15, -0.1) is 0 Å². The van der Waals surface area contributed by atoms with Gasteiger partial charge in [-0.25, -0.2) is 0 Å². The van der Waals surface area contributed by atoms with Crippen LogP contribution in [0.2, 0.25) is 0 Å². The molecular weight excluding hydrogens is 460 g/mol. The number of halogens is 2. The van der Waals surface area contributed by atoms with Crippen LogP contribution in [0, 0.1) is 0 Å². The molecule has 4 N–H and O–H groups in total. The van der Waals surface area contributed by atoms with Gasteiger partial charge in [-0.3, -0.25) is 0 Å². The summed E-state index contributed by atoms with van der Waals surface area (Å²) in [6.07, 6.45) is 0. The Morgan fingerprint density at radius 2 is 0.920 bits per heavy atom. The molecule has 0 aliphatic rings. The summed E-state index contributed by atoms with van der Waals surface area (Å²) in [4.78, 5) is 0. The van der Waals surface area contributed by atoms with Crippen molar-refractivity contribution in [1.29, 1.82) is 0 Å². The summed E-state index contributed by atoms with van der Waals surface area (Å²) in [5, 5.41) is 4.44. The zero-order valence-corrected chi connectivity index (χ0v) is 17.4. The highest BCUT2D eigenvalue weighted by atomic mass is 79.9. The van der Waals surface area contributed by atoms with Crippen LogP contribution in [0.4, 0.5) is 11.4 Å². The fourth-order valence-electron chi connectivity index (χ4n) is 3.18. The number of nitrogens with two attached hydrogens (primary N) is 2. The van der Waals surface area contributed by atoms with Crippen molar-refractivity contribution in [2.75, 3.05) is 11.5 Å². The lowest BCUT2D eigenvalue weighted by Gasteiger charge is -2.16. The number of hydrogen-bond donors (Lipinski definition) is 2. The molecule has 4 aromatic carbocycles. The molecule has 0 saturated carbocycles. The summed E-state index contributed by atoms with van der Waals surface area (Å²) in [6.45, 7) is 0. The lowest BCUT2D eigenvalue weighted by Crippen LogP contribution is -1.97. The average Bonchev–Trinajstić information content (AvgIpc) is 2.56. The van der Waals surface area contributed by atoms with Gasteiger partial charge < -0.3 is 11.5 Å². The molecule has 0 bridgehead atoms. The molecule has 4 aromatic rings. The van der Waals surface area contributed by atoms with E-state index in [0.717, 1.165) is 53.0 Å². The number of hydrogen-bond acceptors (Lipinski definition) is 2. The first-order valence-electron chi connectivity index (χ1n) is 7.50. The third kappa shape index (κ3) is 3.12. The zero-order valence-electron chi connectivity index (χ0n) is 13.2. The van der Waals surface area contributed by atoms with Crippen LogP contribution in [0.3, 0.4) is 0 Å². The van der Waals surface area contributed by atoms with E-state index in [9.17, 15) is 0 Å². The van der Waals surface area contributed by atoms with Crippen LogP contribution < -0.4 is 11.5 Å². The van der Waals surface area contributed by atoms with Gasteiger partial charge in [-0.2, -0.15) is 13.5 Å². The Kier molecular flexibility index (Phi) is 5.00. The van der Waals surface area contributed by atoms with Crippen molar-refractivity contribution >= 4 is 78.3 Å². The van der Waals surface area contributed by atoms with Gasteiger partial charge >= 0.3 is 0 Å². The highest BCUT2D eigenvalue weighted by Gasteiger charge is 2.15. The van der Waals surface area contributed by atoms with Crippen LogP contribution in [0.1, 0.15) is 0 Å². The average molecular weight is 476 g/mol. The minimum absolute atomic E-state index is 0. The molecule has 0 amide bonds. The van der Waals surface area contributed by atoms with Gasteiger partial charge in [0.1, 0.15) is 0 Å². The topological polar surface area (TPSA) is 52.0 Å². The van der Waals surface area contributed by atoms with Crippen LogP contribution in [0.5, 0.6) is 0 Å². The Labute approximate surface area is 169 Å².